The summed E-state index contributed by atoms with van der Waals surface area (Å²) in [5.74, 6) is -0.103. The Bertz CT molecular complexity index is 471. The summed E-state index contributed by atoms with van der Waals surface area (Å²) in [5.41, 5.74) is 1.18. The first-order valence-corrected chi connectivity index (χ1v) is 6.79. The van der Waals surface area contributed by atoms with Crippen LogP contribution in [0.2, 0.25) is 0 Å². The van der Waals surface area contributed by atoms with Crippen molar-refractivity contribution in [2.24, 2.45) is 0 Å². The molecule has 2 rings (SSSR count). The minimum absolute atomic E-state index is 0.0263. The van der Waals surface area contributed by atoms with Crippen LogP contribution >= 0.6 is 0 Å². The summed E-state index contributed by atoms with van der Waals surface area (Å²) in [6, 6.07) is 0.304. The van der Waals surface area contributed by atoms with Crippen LogP contribution in [0.4, 0.5) is 0 Å². The second kappa shape index (κ2) is 4.83. The summed E-state index contributed by atoms with van der Waals surface area (Å²) >= 11 is 0. The fourth-order valence-corrected chi connectivity index (χ4v) is 2.25. The Labute approximate surface area is 114 Å². The van der Waals surface area contributed by atoms with Crippen molar-refractivity contribution in [3.05, 3.63) is 23.4 Å². The highest BCUT2D eigenvalue weighted by Crippen LogP contribution is 2.25. The number of hydrogen-bond donors (Lipinski definition) is 1. The van der Waals surface area contributed by atoms with Crippen molar-refractivity contribution >= 4 is 11.8 Å². The normalized spacial score (nSPS) is 20.6. The van der Waals surface area contributed by atoms with Gasteiger partial charge in [-0.2, -0.15) is 0 Å². The molecule has 0 aromatic rings. The number of carbonyl (C=O) groups excluding carboxylic acids is 2. The maximum absolute atomic E-state index is 12.3. The molecule has 1 heterocycles. The first-order chi connectivity index (χ1) is 8.80. The van der Waals surface area contributed by atoms with E-state index in [-0.39, 0.29) is 11.8 Å². The van der Waals surface area contributed by atoms with Crippen LogP contribution in [-0.2, 0) is 9.59 Å². The van der Waals surface area contributed by atoms with Gasteiger partial charge < -0.3 is 10.2 Å². The van der Waals surface area contributed by atoms with Crippen LogP contribution in [0, 0.1) is 0 Å². The van der Waals surface area contributed by atoms with E-state index in [9.17, 15) is 9.59 Å². The van der Waals surface area contributed by atoms with E-state index in [1.165, 1.54) is 0 Å². The average Bonchev–Trinajstić information content (AvgIpc) is 3.08. The van der Waals surface area contributed by atoms with E-state index in [0.29, 0.717) is 12.5 Å². The Balaban J connectivity index is 2.20. The maximum Gasteiger partial charge on any atom is 0.245 e. The number of amides is 2. The lowest BCUT2D eigenvalue weighted by Gasteiger charge is -2.34. The molecule has 19 heavy (non-hydrogen) atoms. The first kappa shape index (κ1) is 13.8. The van der Waals surface area contributed by atoms with Crippen molar-refractivity contribution < 1.29 is 9.59 Å². The van der Waals surface area contributed by atoms with Gasteiger partial charge in [-0.05, 0) is 46.1 Å². The van der Waals surface area contributed by atoms with Gasteiger partial charge in [0.2, 0.25) is 11.8 Å². The Morgan fingerprint density at radius 2 is 2.00 bits per heavy atom. The number of nitrogens with zero attached hydrogens (tertiary/aromatic N) is 1. The summed E-state index contributed by atoms with van der Waals surface area (Å²) in [6.07, 6.45) is 6.24. The molecule has 1 aliphatic heterocycles. The van der Waals surface area contributed by atoms with Gasteiger partial charge in [-0.25, -0.2) is 0 Å². The van der Waals surface area contributed by atoms with E-state index in [1.807, 2.05) is 19.9 Å². The Morgan fingerprint density at radius 1 is 1.37 bits per heavy atom. The molecule has 0 radical (unpaired) electrons. The SMILES string of the molecule is CC1=CN(C(C)(C)C(=O)NC2CC2)C(=O)CC(C)=C1. The fraction of sp³-hybridized carbons (Fsp3) is 0.600. The minimum atomic E-state index is -0.848. The molecule has 104 valence electrons. The zero-order valence-corrected chi connectivity index (χ0v) is 12.1. The Kier molecular flexibility index (Phi) is 3.52. The second-order valence-corrected chi connectivity index (χ2v) is 6.11. The number of carbonyl (C=O) groups is 2. The van der Waals surface area contributed by atoms with Gasteiger partial charge in [-0.15, -0.1) is 0 Å². The third-order valence-corrected chi connectivity index (χ3v) is 3.58. The number of allylic oxidation sites excluding steroid dienone is 2. The van der Waals surface area contributed by atoms with E-state index in [0.717, 1.165) is 24.0 Å². The molecule has 2 amide bonds. The van der Waals surface area contributed by atoms with Crippen molar-refractivity contribution in [3.63, 3.8) is 0 Å². The molecule has 0 saturated heterocycles. The molecule has 0 bridgehead atoms. The molecule has 1 N–H and O–H groups in total. The average molecular weight is 262 g/mol. The lowest BCUT2D eigenvalue weighted by Crippen LogP contribution is -2.55. The maximum atomic E-state index is 12.3. The molecule has 0 atom stereocenters. The highest BCUT2D eigenvalue weighted by Gasteiger charge is 2.39. The molecular formula is C15H22N2O2. The van der Waals surface area contributed by atoms with E-state index in [4.69, 9.17) is 0 Å². The highest BCUT2D eigenvalue weighted by molar-refractivity contribution is 5.92. The zero-order chi connectivity index (χ0) is 14.2. The number of nitrogens with one attached hydrogen (secondary N) is 1. The number of hydrogen-bond acceptors (Lipinski definition) is 2. The third kappa shape index (κ3) is 3.06. The van der Waals surface area contributed by atoms with Crippen molar-refractivity contribution in [1.82, 2.24) is 10.2 Å². The van der Waals surface area contributed by atoms with E-state index >= 15 is 0 Å². The third-order valence-electron chi connectivity index (χ3n) is 3.58. The molecule has 4 nitrogen and oxygen atoms in total. The van der Waals surface area contributed by atoms with Crippen LogP contribution in [0.25, 0.3) is 0 Å². The van der Waals surface area contributed by atoms with Crippen molar-refractivity contribution in [1.29, 1.82) is 0 Å². The predicted molar refractivity (Wildman–Crippen MR) is 74.2 cm³/mol. The number of rotatable bonds is 3. The van der Waals surface area contributed by atoms with Crippen LogP contribution in [0.3, 0.4) is 0 Å². The van der Waals surface area contributed by atoms with Gasteiger partial charge in [0.05, 0.1) is 0 Å². The predicted octanol–water partition coefficient (Wildman–Crippen LogP) is 2.13. The quantitative estimate of drug-likeness (QED) is 0.847. The van der Waals surface area contributed by atoms with Gasteiger partial charge >= 0.3 is 0 Å². The molecule has 0 aromatic heterocycles. The van der Waals surface area contributed by atoms with Gasteiger partial charge in [0.1, 0.15) is 5.54 Å². The molecule has 0 aromatic carbocycles. The van der Waals surface area contributed by atoms with Crippen LogP contribution in [-0.4, -0.2) is 28.3 Å². The van der Waals surface area contributed by atoms with Crippen molar-refractivity contribution in [2.45, 2.75) is 58.5 Å². The molecule has 2 aliphatic rings. The molecule has 4 heteroatoms. The molecule has 0 spiro atoms. The van der Waals surface area contributed by atoms with Crippen molar-refractivity contribution in [3.8, 4) is 0 Å². The highest BCUT2D eigenvalue weighted by atomic mass is 16.2. The fourth-order valence-electron chi connectivity index (χ4n) is 2.25. The Hall–Kier alpha value is -1.58. The van der Waals surface area contributed by atoms with Crippen LogP contribution in [0.1, 0.15) is 47.0 Å². The summed E-state index contributed by atoms with van der Waals surface area (Å²) in [6.45, 7) is 7.49. The minimum Gasteiger partial charge on any atom is -0.351 e. The van der Waals surface area contributed by atoms with Crippen LogP contribution in [0.15, 0.2) is 23.4 Å². The van der Waals surface area contributed by atoms with Gasteiger partial charge in [0, 0.05) is 18.7 Å². The van der Waals surface area contributed by atoms with Gasteiger partial charge in [-0.3, -0.25) is 9.59 Å². The zero-order valence-electron chi connectivity index (χ0n) is 12.1. The summed E-state index contributed by atoms with van der Waals surface area (Å²) in [4.78, 5) is 26.2. The molecule has 1 fully saturated rings. The lowest BCUT2D eigenvalue weighted by atomic mass is 10.0. The molecule has 1 saturated carbocycles. The standard InChI is InChI=1S/C15H22N2O2/c1-10-7-11(2)9-17(13(18)8-10)15(3,4)14(19)16-12-5-6-12/h7,9,12H,5-6,8H2,1-4H3,(H,16,19). The summed E-state index contributed by atoms with van der Waals surface area (Å²) < 4.78 is 0. The van der Waals surface area contributed by atoms with Crippen LogP contribution in [0.5, 0.6) is 0 Å². The second-order valence-electron chi connectivity index (χ2n) is 6.11. The van der Waals surface area contributed by atoms with E-state index < -0.39 is 5.54 Å². The Morgan fingerprint density at radius 3 is 2.58 bits per heavy atom. The van der Waals surface area contributed by atoms with Crippen LogP contribution < -0.4 is 5.32 Å². The topological polar surface area (TPSA) is 49.4 Å². The van der Waals surface area contributed by atoms with Gasteiger partial charge in [-0.1, -0.05) is 11.6 Å². The van der Waals surface area contributed by atoms with E-state index in [1.54, 1.807) is 24.9 Å². The summed E-state index contributed by atoms with van der Waals surface area (Å²) in [7, 11) is 0. The first-order valence-electron chi connectivity index (χ1n) is 6.79. The smallest absolute Gasteiger partial charge is 0.245 e. The lowest BCUT2D eigenvalue weighted by molar-refractivity contribution is -0.142. The largest absolute Gasteiger partial charge is 0.351 e. The van der Waals surface area contributed by atoms with Gasteiger partial charge in [0.25, 0.3) is 0 Å². The molecular weight excluding hydrogens is 240 g/mol. The molecule has 0 unspecified atom stereocenters. The van der Waals surface area contributed by atoms with Gasteiger partial charge in [0.15, 0.2) is 0 Å². The van der Waals surface area contributed by atoms with Crippen molar-refractivity contribution in [2.75, 3.05) is 0 Å². The monoisotopic (exact) mass is 262 g/mol. The summed E-state index contributed by atoms with van der Waals surface area (Å²) in [5, 5.41) is 2.98. The van der Waals surface area contributed by atoms with E-state index in [2.05, 4.69) is 5.32 Å². The molecule has 1 aliphatic carbocycles.